The van der Waals surface area contributed by atoms with Crippen molar-refractivity contribution in [3.05, 3.63) is 51.1 Å². The van der Waals surface area contributed by atoms with Gasteiger partial charge in [-0.25, -0.2) is 13.4 Å². The molecule has 0 radical (unpaired) electrons. The monoisotopic (exact) mass is 473 g/mol. The van der Waals surface area contributed by atoms with E-state index < -0.39 is 21.8 Å². The average Bonchev–Trinajstić information content (AvgIpc) is 2.63. The molecule has 1 aliphatic rings. The Balaban J connectivity index is 1.77. The maximum Gasteiger partial charge on any atom is 0.417 e. The number of anilines is 1. The number of sulfonamides is 1. The van der Waals surface area contributed by atoms with Crippen molar-refractivity contribution in [2.75, 3.05) is 31.1 Å². The van der Waals surface area contributed by atoms with Gasteiger partial charge in [-0.15, -0.1) is 0 Å². The largest absolute Gasteiger partial charge is 0.417 e. The lowest BCUT2D eigenvalue weighted by Crippen LogP contribution is -2.49. The third-order valence-corrected chi connectivity index (χ3v) is 7.09. The van der Waals surface area contributed by atoms with Crippen LogP contribution < -0.4 is 4.90 Å². The van der Waals surface area contributed by atoms with Gasteiger partial charge in [-0.3, -0.25) is 0 Å². The van der Waals surface area contributed by atoms with Crippen LogP contribution in [0.1, 0.15) is 5.56 Å². The number of pyridine rings is 1. The lowest BCUT2D eigenvalue weighted by molar-refractivity contribution is -0.137. The van der Waals surface area contributed by atoms with E-state index >= 15 is 0 Å². The minimum absolute atomic E-state index is 0.0549. The minimum Gasteiger partial charge on any atom is -0.353 e. The highest BCUT2D eigenvalue weighted by Crippen LogP contribution is 2.34. The molecule has 0 bridgehead atoms. The molecule has 1 fully saturated rings. The molecule has 3 rings (SSSR count). The van der Waals surface area contributed by atoms with E-state index in [0.717, 1.165) is 6.07 Å². The smallest absolute Gasteiger partial charge is 0.353 e. The zero-order valence-corrected chi connectivity index (χ0v) is 17.1. The van der Waals surface area contributed by atoms with Gasteiger partial charge in [0, 0.05) is 37.4 Å². The highest BCUT2D eigenvalue weighted by Gasteiger charge is 2.34. The number of aromatic nitrogens is 1. The molecule has 1 aliphatic heterocycles. The number of rotatable bonds is 3. The lowest BCUT2D eigenvalue weighted by atomic mass is 10.2. The molecule has 2 heterocycles. The van der Waals surface area contributed by atoms with E-state index in [4.69, 9.17) is 34.8 Å². The predicted octanol–water partition coefficient (Wildman–Crippen LogP) is 4.57. The van der Waals surface area contributed by atoms with Gasteiger partial charge in [0.2, 0.25) is 10.0 Å². The van der Waals surface area contributed by atoms with Gasteiger partial charge in [0.15, 0.2) is 0 Å². The van der Waals surface area contributed by atoms with Crippen LogP contribution in [0.25, 0.3) is 0 Å². The zero-order chi connectivity index (χ0) is 20.7. The summed E-state index contributed by atoms with van der Waals surface area (Å²) < 4.78 is 65.1. The standard InChI is InChI=1S/C16H13Cl3F3N3O2S/c17-11-1-2-12(18)14(8-11)28(26,27)25-5-3-24(4-6-25)15-13(19)7-10(9-23-15)16(20,21)22/h1-2,7-9H,3-6H2. The molecule has 1 aromatic carbocycles. The molecule has 5 nitrogen and oxygen atoms in total. The van der Waals surface area contributed by atoms with Gasteiger partial charge < -0.3 is 4.90 Å². The van der Waals surface area contributed by atoms with Crippen LogP contribution in [0.5, 0.6) is 0 Å². The number of nitrogens with zero attached hydrogens (tertiary/aromatic N) is 3. The van der Waals surface area contributed by atoms with E-state index in [2.05, 4.69) is 4.98 Å². The third-order valence-electron chi connectivity index (χ3n) is 4.20. The number of hydrogen-bond donors (Lipinski definition) is 0. The topological polar surface area (TPSA) is 53.5 Å². The predicted molar refractivity (Wildman–Crippen MR) is 102 cm³/mol. The molecule has 0 aliphatic carbocycles. The maximum atomic E-state index is 12.8. The van der Waals surface area contributed by atoms with Gasteiger partial charge in [0.25, 0.3) is 0 Å². The maximum absolute atomic E-state index is 12.8. The first kappa shape index (κ1) is 21.4. The Morgan fingerprint density at radius 1 is 0.964 bits per heavy atom. The minimum atomic E-state index is -4.54. The van der Waals surface area contributed by atoms with Crippen molar-refractivity contribution < 1.29 is 21.6 Å². The van der Waals surface area contributed by atoms with Crippen LogP contribution in [0.2, 0.25) is 15.1 Å². The Kier molecular flexibility index (Phi) is 6.03. The summed E-state index contributed by atoms with van der Waals surface area (Å²) in [6.45, 7) is 0.583. The molecule has 0 amide bonds. The van der Waals surface area contributed by atoms with Crippen molar-refractivity contribution in [2.24, 2.45) is 0 Å². The van der Waals surface area contributed by atoms with Crippen LogP contribution in [-0.4, -0.2) is 43.9 Å². The molecule has 1 saturated heterocycles. The number of alkyl halides is 3. The van der Waals surface area contributed by atoms with Crippen LogP contribution in [-0.2, 0) is 16.2 Å². The molecule has 0 atom stereocenters. The molecule has 0 saturated carbocycles. The second kappa shape index (κ2) is 7.87. The van der Waals surface area contributed by atoms with Crippen molar-refractivity contribution in [2.45, 2.75) is 11.1 Å². The van der Waals surface area contributed by atoms with E-state index in [9.17, 15) is 21.6 Å². The Morgan fingerprint density at radius 2 is 1.61 bits per heavy atom. The fourth-order valence-corrected chi connectivity index (χ4v) is 5.22. The highest BCUT2D eigenvalue weighted by atomic mass is 35.5. The highest BCUT2D eigenvalue weighted by molar-refractivity contribution is 7.89. The van der Waals surface area contributed by atoms with E-state index in [1.807, 2.05) is 0 Å². The van der Waals surface area contributed by atoms with Crippen LogP contribution in [0.3, 0.4) is 0 Å². The Labute approximate surface area is 174 Å². The molecule has 2 aromatic rings. The van der Waals surface area contributed by atoms with Gasteiger partial charge in [0.1, 0.15) is 10.7 Å². The van der Waals surface area contributed by atoms with Gasteiger partial charge in [0.05, 0.1) is 15.6 Å². The summed E-state index contributed by atoms with van der Waals surface area (Å²) in [5, 5.41) is 0.144. The normalized spacial score (nSPS) is 16.4. The van der Waals surface area contributed by atoms with Crippen molar-refractivity contribution >= 4 is 50.6 Å². The van der Waals surface area contributed by atoms with Crippen molar-refractivity contribution in [3.63, 3.8) is 0 Å². The van der Waals surface area contributed by atoms with Gasteiger partial charge >= 0.3 is 6.18 Å². The average molecular weight is 475 g/mol. The van der Waals surface area contributed by atoms with Crippen LogP contribution >= 0.6 is 34.8 Å². The lowest BCUT2D eigenvalue weighted by Gasteiger charge is -2.35. The quantitative estimate of drug-likeness (QED) is 0.654. The van der Waals surface area contributed by atoms with Crippen LogP contribution in [0.4, 0.5) is 19.0 Å². The molecule has 0 unspecified atom stereocenters. The van der Waals surface area contributed by atoms with E-state index in [0.29, 0.717) is 6.20 Å². The fourth-order valence-electron chi connectivity index (χ4n) is 2.77. The molecule has 152 valence electrons. The molecular weight excluding hydrogens is 462 g/mol. The summed E-state index contributed by atoms with van der Waals surface area (Å²) in [5.41, 5.74) is -0.946. The summed E-state index contributed by atoms with van der Waals surface area (Å²) in [6.07, 6.45) is -3.84. The summed E-state index contributed by atoms with van der Waals surface area (Å²) in [5.74, 6) is 0.174. The third kappa shape index (κ3) is 4.33. The second-order valence-corrected chi connectivity index (χ2v) is 9.15. The van der Waals surface area contributed by atoms with Crippen molar-refractivity contribution in [1.29, 1.82) is 0 Å². The number of piperazine rings is 1. The summed E-state index contributed by atoms with van der Waals surface area (Å²) in [7, 11) is -3.87. The zero-order valence-electron chi connectivity index (χ0n) is 14.0. The molecule has 12 heteroatoms. The molecule has 0 N–H and O–H groups in total. The summed E-state index contributed by atoms with van der Waals surface area (Å²) >= 11 is 17.8. The molecule has 28 heavy (non-hydrogen) atoms. The Morgan fingerprint density at radius 3 is 2.18 bits per heavy atom. The Hall–Kier alpha value is -1.26. The van der Waals surface area contributed by atoms with Crippen molar-refractivity contribution in [1.82, 2.24) is 9.29 Å². The molecular formula is C16H13Cl3F3N3O2S. The second-order valence-electron chi connectivity index (χ2n) is 5.99. The van der Waals surface area contributed by atoms with Gasteiger partial charge in [-0.1, -0.05) is 34.8 Å². The molecule has 0 spiro atoms. The Bertz CT molecular complexity index is 994. The van der Waals surface area contributed by atoms with E-state index in [1.165, 1.54) is 22.5 Å². The SMILES string of the molecule is O=S(=O)(c1cc(Cl)ccc1Cl)N1CCN(c2ncc(C(F)(F)F)cc2Cl)CC1. The first-order valence-corrected chi connectivity index (χ1v) is 10.5. The van der Waals surface area contributed by atoms with E-state index in [-0.39, 0.29) is 52.0 Å². The van der Waals surface area contributed by atoms with Gasteiger partial charge in [-0.2, -0.15) is 17.5 Å². The first-order valence-electron chi connectivity index (χ1n) is 7.93. The van der Waals surface area contributed by atoms with E-state index in [1.54, 1.807) is 4.90 Å². The first-order chi connectivity index (χ1) is 13.0. The number of hydrogen-bond acceptors (Lipinski definition) is 4. The van der Waals surface area contributed by atoms with Crippen LogP contribution in [0.15, 0.2) is 35.4 Å². The number of halogens is 6. The fraction of sp³-hybridized carbons (Fsp3) is 0.312. The van der Waals surface area contributed by atoms with Gasteiger partial charge in [-0.05, 0) is 24.3 Å². The van der Waals surface area contributed by atoms with Crippen molar-refractivity contribution in [3.8, 4) is 0 Å². The van der Waals surface area contributed by atoms with Crippen LogP contribution in [0, 0.1) is 0 Å². The summed E-state index contributed by atoms with van der Waals surface area (Å²) in [6, 6.07) is 4.97. The molecule has 1 aromatic heterocycles. The summed E-state index contributed by atoms with van der Waals surface area (Å²) in [4.78, 5) is 5.34. The number of benzene rings is 1.